The van der Waals surface area contributed by atoms with Crippen LogP contribution in [0.1, 0.15) is 25.3 Å². The van der Waals surface area contributed by atoms with Crippen LogP contribution in [0.3, 0.4) is 0 Å². The van der Waals surface area contributed by atoms with E-state index in [1.54, 1.807) is 33.3 Å². The average Bonchev–Trinajstić information content (AvgIpc) is 2.77. The summed E-state index contributed by atoms with van der Waals surface area (Å²) in [6, 6.07) is 5.37. The zero-order valence-corrected chi connectivity index (χ0v) is 16.5. The van der Waals surface area contributed by atoms with Crippen LogP contribution >= 0.6 is 12.2 Å². The Kier molecular flexibility index (Phi) is 6.85. The molecule has 0 heterocycles. The summed E-state index contributed by atoms with van der Waals surface area (Å²) in [5, 5.41) is 7.62. The maximum Gasteiger partial charge on any atom is 0.220 e. The van der Waals surface area contributed by atoms with Gasteiger partial charge in [-0.3, -0.25) is 9.59 Å². The largest absolute Gasteiger partial charge is 0.497 e. The Morgan fingerprint density at radius 3 is 2.67 bits per heavy atom. The van der Waals surface area contributed by atoms with Gasteiger partial charge in [-0.1, -0.05) is 19.1 Å². The SMILES string of the molecule is COc1ccc(C2=CC(=O)C(C=N)C(=S)C(CC(C)C(N)=O)C2)c(OC)c1. The Balaban J connectivity index is 2.48. The van der Waals surface area contributed by atoms with Gasteiger partial charge in [0.2, 0.25) is 5.91 Å². The first kappa shape index (κ1) is 20.8. The summed E-state index contributed by atoms with van der Waals surface area (Å²) >= 11 is 5.51. The lowest BCUT2D eigenvalue weighted by Gasteiger charge is -2.22. The van der Waals surface area contributed by atoms with E-state index in [0.717, 1.165) is 17.4 Å². The van der Waals surface area contributed by atoms with Crippen molar-refractivity contribution in [2.75, 3.05) is 14.2 Å². The van der Waals surface area contributed by atoms with Crippen LogP contribution in [0.25, 0.3) is 5.57 Å². The molecule has 0 radical (unpaired) electrons. The molecule has 3 atom stereocenters. The summed E-state index contributed by atoms with van der Waals surface area (Å²) in [7, 11) is 3.12. The highest BCUT2D eigenvalue weighted by atomic mass is 32.1. The first-order valence-corrected chi connectivity index (χ1v) is 9.03. The van der Waals surface area contributed by atoms with E-state index in [1.165, 1.54) is 6.08 Å². The Morgan fingerprint density at radius 1 is 1.41 bits per heavy atom. The minimum absolute atomic E-state index is 0.224. The number of nitrogens with two attached hydrogens (primary N) is 1. The minimum Gasteiger partial charge on any atom is -0.497 e. The molecule has 1 amide bonds. The van der Waals surface area contributed by atoms with Crippen LogP contribution in [0.5, 0.6) is 11.5 Å². The molecule has 7 heteroatoms. The van der Waals surface area contributed by atoms with E-state index in [4.69, 9.17) is 32.8 Å². The molecule has 0 saturated carbocycles. The maximum atomic E-state index is 12.7. The van der Waals surface area contributed by atoms with Crippen molar-refractivity contribution in [3.63, 3.8) is 0 Å². The van der Waals surface area contributed by atoms with E-state index >= 15 is 0 Å². The van der Waals surface area contributed by atoms with Gasteiger partial charge in [0.15, 0.2) is 5.78 Å². The molecule has 0 aliphatic heterocycles. The van der Waals surface area contributed by atoms with Crippen LogP contribution in [-0.2, 0) is 9.59 Å². The number of methoxy groups -OCH3 is 2. The molecule has 0 bridgehead atoms. The Hall–Kier alpha value is -2.54. The summed E-state index contributed by atoms with van der Waals surface area (Å²) in [6.45, 7) is 1.74. The molecule has 144 valence electrons. The van der Waals surface area contributed by atoms with E-state index in [9.17, 15) is 9.59 Å². The molecule has 1 aromatic rings. The number of allylic oxidation sites excluding steroid dienone is 2. The van der Waals surface area contributed by atoms with Crippen molar-refractivity contribution in [2.45, 2.75) is 19.8 Å². The lowest BCUT2D eigenvalue weighted by Crippen LogP contribution is -2.30. The van der Waals surface area contributed by atoms with Gasteiger partial charge >= 0.3 is 0 Å². The molecule has 1 aliphatic rings. The van der Waals surface area contributed by atoms with E-state index < -0.39 is 11.8 Å². The predicted octanol–water partition coefficient (Wildman–Crippen LogP) is 2.82. The molecule has 2 rings (SSSR count). The zero-order valence-electron chi connectivity index (χ0n) is 15.7. The van der Waals surface area contributed by atoms with Gasteiger partial charge < -0.3 is 20.6 Å². The zero-order chi connectivity index (χ0) is 20.1. The molecule has 0 saturated heterocycles. The van der Waals surface area contributed by atoms with Crippen molar-refractivity contribution in [3.05, 3.63) is 29.8 Å². The number of carbonyl (C=O) groups excluding carboxylic acids is 2. The lowest BCUT2D eigenvalue weighted by molar-refractivity contribution is -0.121. The molecule has 27 heavy (non-hydrogen) atoms. The summed E-state index contributed by atoms with van der Waals surface area (Å²) in [4.78, 5) is 24.7. The van der Waals surface area contributed by atoms with Gasteiger partial charge in [0.25, 0.3) is 0 Å². The fourth-order valence-electron chi connectivity index (χ4n) is 3.24. The maximum absolute atomic E-state index is 12.7. The summed E-state index contributed by atoms with van der Waals surface area (Å²) in [5.41, 5.74) is 6.93. The summed E-state index contributed by atoms with van der Waals surface area (Å²) < 4.78 is 10.7. The van der Waals surface area contributed by atoms with Gasteiger partial charge in [-0.25, -0.2) is 0 Å². The molecular formula is C20H24N2O4S. The van der Waals surface area contributed by atoms with Crippen molar-refractivity contribution >= 4 is 40.6 Å². The fourth-order valence-corrected chi connectivity index (χ4v) is 3.60. The standard InChI is InChI=1S/C20H24N2O4S/c1-11(20(22)24)6-13-7-12(8-17(23)16(10-21)19(13)27)15-5-4-14(25-2)9-18(15)26-3/h4-5,8-11,13,16,21H,6-7H2,1-3H3,(H2,22,24). The van der Waals surface area contributed by atoms with Crippen LogP contribution in [-0.4, -0.2) is 37.0 Å². The first-order valence-electron chi connectivity index (χ1n) is 8.62. The van der Waals surface area contributed by atoms with E-state index in [1.807, 2.05) is 6.07 Å². The molecule has 0 aromatic heterocycles. The fraction of sp³-hybridized carbons (Fsp3) is 0.400. The van der Waals surface area contributed by atoms with Crippen LogP contribution in [0, 0.1) is 23.2 Å². The van der Waals surface area contributed by atoms with Crippen molar-refractivity contribution in [1.82, 2.24) is 0 Å². The van der Waals surface area contributed by atoms with Crippen LogP contribution in [0.15, 0.2) is 24.3 Å². The number of ketones is 1. The molecule has 6 nitrogen and oxygen atoms in total. The summed E-state index contributed by atoms with van der Waals surface area (Å²) in [5.74, 6) is -0.807. The normalized spacial score (nSPS) is 21.1. The molecule has 3 unspecified atom stereocenters. The lowest BCUT2D eigenvalue weighted by atomic mass is 9.83. The predicted molar refractivity (Wildman–Crippen MR) is 108 cm³/mol. The number of hydrogen-bond acceptors (Lipinski definition) is 6. The second kappa shape index (κ2) is 8.90. The van der Waals surface area contributed by atoms with Crippen LogP contribution in [0.4, 0.5) is 0 Å². The van der Waals surface area contributed by atoms with Crippen molar-refractivity contribution in [3.8, 4) is 11.5 Å². The Bertz CT molecular complexity index is 803. The molecule has 0 spiro atoms. The third kappa shape index (κ3) is 4.60. The quantitative estimate of drug-likeness (QED) is 0.552. The second-order valence-electron chi connectivity index (χ2n) is 6.63. The second-order valence-corrected chi connectivity index (χ2v) is 7.10. The number of amides is 1. The molecule has 1 aliphatic carbocycles. The van der Waals surface area contributed by atoms with Crippen LogP contribution in [0.2, 0.25) is 0 Å². The minimum atomic E-state index is -0.771. The average molecular weight is 388 g/mol. The number of carbonyl (C=O) groups is 2. The highest BCUT2D eigenvalue weighted by Gasteiger charge is 2.33. The van der Waals surface area contributed by atoms with Gasteiger partial charge in [0, 0.05) is 28.6 Å². The number of benzene rings is 1. The molecule has 3 N–H and O–H groups in total. The van der Waals surface area contributed by atoms with Crippen LogP contribution < -0.4 is 15.2 Å². The number of thiocarbonyl (C=S) groups is 1. The number of ether oxygens (including phenoxy) is 2. The van der Waals surface area contributed by atoms with Crippen molar-refractivity contribution < 1.29 is 19.1 Å². The third-order valence-corrected chi connectivity index (χ3v) is 5.43. The highest BCUT2D eigenvalue weighted by Crippen LogP contribution is 2.38. The highest BCUT2D eigenvalue weighted by molar-refractivity contribution is 7.80. The number of hydrogen-bond donors (Lipinski definition) is 2. The molecule has 0 fully saturated rings. The van der Waals surface area contributed by atoms with Gasteiger partial charge in [-0.2, -0.15) is 0 Å². The summed E-state index contributed by atoms with van der Waals surface area (Å²) in [6.07, 6.45) is 3.50. The Labute approximate surface area is 164 Å². The molecular weight excluding hydrogens is 364 g/mol. The number of rotatable bonds is 7. The molecule has 1 aromatic carbocycles. The first-order chi connectivity index (χ1) is 12.8. The van der Waals surface area contributed by atoms with E-state index in [0.29, 0.717) is 29.2 Å². The van der Waals surface area contributed by atoms with Gasteiger partial charge in [0.05, 0.1) is 20.1 Å². The van der Waals surface area contributed by atoms with E-state index in [-0.39, 0.29) is 17.6 Å². The smallest absolute Gasteiger partial charge is 0.220 e. The Morgan fingerprint density at radius 2 is 2.11 bits per heavy atom. The van der Waals surface area contributed by atoms with Crippen molar-refractivity contribution in [1.29, 1.82) is 5.41 Å². The van der Waals surface area contributed by atoms with Gasteiger partial charge in [-0.05, 0) is 42.5 Å². The van der Waals surface area contributed by atoms with E-state index in [2.05, 4.69) is 0 Å². The topological polar surface area (TPSA) is 102 Å². The number of primary amides is 1. The van der Waals surface area contributed by atoms with Gasteiger partial charge in [0.1, 0.15) is 11.5 Å². The monoisotopic (exact) mass is 388 g/mol. The number of nitrogens with one attached hydrogen (secondary N) is 1. The van der Waals surface area contributed by atoms with Crippen molar-refractivity contribution in [2.24, 2.45) is 23.5 Å². The van der Waals surface area contributed by atoms with Gasteiger partial charge in [-0.15, -0.1) is 0 Å². The third-order valence-electron chi connectivity index (χ3n) is 4.84.